The number of nitrogens with one attached hydrogen (secondary N) is 2. The first-order chi connectivity index (χ1) is 25.4. The van der Waals surface area contributed by atoms with Gasteiger partial charge in [0.2, 0.25) is 0 Å². The van der Waals surface area contributed by atoms with Crippen molar-refractivity contribution < 1.29 is 34.0 Å². The van der Waals surface area contributed by atoms with E-state index in [1.165, 1.54) is 12.8 Å². The number of carbonyl (C=O) groups is 2. The number of carbonyl (C=O) groups excluding carboxylic acids is 1. The fourth-order valence-electron chi connectivity index (χ4n) is 6.37. The molecular formula is C39H58I4N4O7. The minimum atomic E-state index is -1.16. The van der Waals surface area contributed by atoms with Crippen LogP contribution in [0.2, 0.25) is 0 Å². The van der Waals surface area contributed by atoms with Crippen LogP contribution in [-0.4, -0.2) is 71.3 Å². The third-order valence-electron chi connectivity index (χ3n) is 9.30. The second-order valence-corrected chi connectivity index (χ2v) is 20.2. The van der Waals surface area contributed by atoms with E-state index in [0.717, 1.165) is 77.6 Å². The summed E-state index contributed by atoms with van der Waals surface area (Å²) in [7, 11) is 0. The van der Waals surface area contributed by atoms with Crippen LogP contribution in [0.4, 0.5) is 4.79 Å². The van der Waals surface area contributed by atoms with Gasteiger partial charge < -0.3 is 46.5 Å². The highest BCUT2D eigenvalue weighted by molar-refractivity contribution is 14.1. The van der Waals surface area contributed by atoms with Gasteiger partial charge in [0.05, 0.1) is 14.3 Å². The minimum Gasteiger partial charge on any atom is -0.489 e. The maximum atomic E-state index is 12.2. The minimum absolute atomic E-state index is 0.0779. The van der Waals surface area contributed by atoms with Crippen molar-refractivity contribution in [3.05, 3.63) is 44.1 Å². The van der Waals surface area contributed by atoms with E-state index in [1.54, 1.807) is 20.8 Å². The molecule has 2 aromatic carbocycles. The van der Waals surface area contributed by atoms with E-state index in [2.05, 4.69) is 108 Å². The predicted molar refractivity (Wildman–Crippen MR) is 248 cm³/mol. The Morgan fingerprint density at radius 2 is 1.37 bits per heavy atom. The Bertz CT molecular complexity index is 1470. The van der Waals surface area contributed by atoms with Crippen molar-refractivity contribution in [2.75, 3.05) is 13.2 Å². The predicted octanol–water partition coefficient (Wildman–Crippen LogP) is 8.71. The molecule has 2 aromatic rings. The summed E-state index contributed by atoms with van der Waals surface area (Å²) in [5, 5.41) is 26.8. The molecule has 0 spiro atoms. The summed E-state index contributed by atoms with van der Waals surface area (Å²) < 4.78 is 21.0. The van der Waals surface area contributed by atoms with Crippen LogP contribution < -0.4 is 31.6 Å². The zero-order valence-corrected chi connectivity index (χ0v) is 40.4. The van der Waals surface area contributed by atoms with Gasteiger partial charge >= 0.3 is 12.1 Å². The molecule has 0 aromatic heterocycles. The molecule has 0 saturated heterocycles. The van der Waals surface area contributed by atoms with Crippen molar-refractivity contribution in [1.29, 1.82) is 0 Å². The second-order valence-electron chi connectivity index (χ2n) is 15.5. The number of amides is 1. The van der Waals surface area contributed by atoms with Gasteiger partial charge in [-0.3, -0.25) is 0 Å². The van der Waals surface area contributed by atoms with Crippen LogP contribution in [0.1, 0.15) is 104 Å². The van der Waals surface area contributed by atoms with Crippen molar-refractivity contribution in [3.8, 4) is 17.2 Å². The zero-order chi connectivity index (χ0) is 40.0. The van der Waals surface area contributed by atoms with Crippen LogP contribution >= 0.6 is 90.4 Å². The van der Waals surface area contributed by atoms with Crippen molar-refractivity contribution in [2.45, 2.75) is 141 Å². The molecule has 1 saturated carbocycles. The first kappa shape index (κ1) is 47.9. The average Bonchev–Trinajstić information content (AvgIpc) is 3.06. The maximum absolute atomic E-state index is 12.2. The molecule has 1 fully saturated rings. The summed E-state index contributed by atoms with van der Waals surface area (Å²) >= 11 is 8.78. The molecule has 1 amide bonds. The maximum Gasteiger partial charge on any atom is 0.408 e. The molecule has 0 radical (unpaired) electrons. The van der Waals surface area contributed by atoms with Gasteiger partial charge in [-0.15, -0.1) is 0 Å². The van der Waals surface area contributed by atoms with Crippen LogP contribution in [0.3, 0.4) is 0 Å². The Morgan fingerprint density at radius 3 is 1.93 bits per heavy atom. The zero-order valence-electron chi connectivity index (χ0n) is 31.8. The van der Waals surface area contributed by atoms with E-state index >= 15 is 0 Å². The Kier molecular flexibility index (Phi) is 21.1. The summed E-state index contributed by atoms with van der Waals surface area (Å²) in [6.45, 7) is 8.11. The molecule has 0 bridgehead atoms. The van der Waals surface area contributed by atoms with E-state index in [1.807, 2.05) is 24.3 Å². The van der Waals surface area contributed by atoms with E-state index in [-0.39, 0.29) is 25.1 Å². The number of hydrogen-bond donors (Lipinski definition) is 6. The van der Waals surface area contributed by atoms with Crippen LogP contribution in [0.15, 0.2) is 24.3 Å². The summed E-state index contributed by atoms with van der Waals surface area (Å²) in [4.78, 5) is 24.2. The van der Waals surface area contributed by atoms with Gasteiger partial charge in [-0.05, 0) is 192 Å². The summed E-state index contributed by atoms with van der Waals surface area (Å²) in [6, 6.07) is 7.16. The Labute approximate surface area is 375 Å². The average molecular weight is 1200 g/mol. The van der Waals surface area contributed by atoms with Gasteiger partial charge in [0, 0.05) is 31.1 Å². The van der Waals surface area contributed by atoms with Gasteiger partial charge in [0.15, 0.2) is 5.75 Å². The quantitative estimate of drug-likeness (QED) is 0.113. The molecule has 1 aliphatic rings. The number of halogens is 4. The highest BCUT2D eigenvalue weighted by Crippen LogP contribution is 2.37. The number of rotatable bonds is 12. The second kappa shape index (κ2) is 23.8. The Morgan fingerprint density at radius 1 is 0.833 bits per heavy atom. The summed E-state index contributed by atoms with van der Waals surface area (Å²) in [6.07, 6.45) is 10.6. The monoisotopic (exact) mass is 1200 g/mol. The lowest BCUT2D eigenvalue weighted by molar-refractivity contribution is -0.139. The lowest BCUT2D eigenvalue weighted by Crippen LogP contribution is -2.44. The molecule has 6 unspecified atom stereocenters. The number of carboxylic acid groups (broad SMARTS) is 1. The Balaban J connectivity index is 1.57. The smallest absolute Gasteiger partial charge is 0.408 e. The topological polar surface area (TPSA) is 178 Å². The molecule has 3 rings (SSSR count). The molecule has 1 aliphatic carbocycles. The molecule has 0 aliphatic heterocycles. The van der Waals surface area contributed by atoms with Crippen LogP contribution in [0.25, 0.3) is 0 Å². The van der Waals surface area contributed by atoms with Gasteiger partial charge in [-0.25, -0.2) is 9.59 Å². The largest absolute Gasteiger partial charge is 0.489 e. The Hall–Kier alpha value is -0.460. The molecule has 15 heteroatoms. The molecule has 11 nitrogen and oxygen atoms in total. The van der Waals surface area contributed by atoms with Gasteiger partial charge in [-0.1, -0.05) is 32.6 Å². The van der Waals surface area contributed by atoms with Gasteiger partial charge in [0.25, 0.3) is 0 Å². The van der Waals surface area contributed by atoms with Gasteiger partial charge in [0.1, 0.15) is 35.9 Å². The third kappa shape index (κ3) is 18.0. The molecule has 304 valence electrons. The number of alkyl carbamates (subject to hydrolysis) is 1. The number of aliphatic hydroxyl groups is 1. The number of nitrogens with two attached hydrogens (primary N) is 2. The molecule has 8 N–H and O–H groups in total. The van der Waals surface area contributed by atoms with Gasteiger partial charge in [-0.2, -0.15) is 0 Å². The van der Waals surface area contributed by atoms with Crippen LogP contribution in [0.5, 0.6) is 17.2 Å². The van der Waals surface area contributed by atoms with E-state index < -0.39 is 29.8 Å². The normalized spacial score (nSPS) is 21.9. The van der Waals surface area contributed by atoms with Crippen molar-refractivity contribution in [3.63, 3.8) is 0 Å². The van der Waals surface area contributed by atoms with E-state index in [0.29, 0.717) is 35.8 Å². The number of benzene rings is 2. The lowest BCUT2D eigenvalue weighted by Gasteiger charge is -2.23. The van der Waals surface area contributed by atoms with Crippen LogP contribution in [-0.2, 0) is 16.0 Å². The molecular weight excluding hydrogens is 1140 g/mol. The van der Waals surface area contributed by atoms with E-state index in [4.69, 9.17) is 25.7 Å². The van der Waals surface area contributed by atoms with Crippen molar-refractivity contribution in [2.24, 2.45) is 17.4 Å². The first-order valence-corrected chi connectivity index (χ1v) is 23.1. The highest BCUT2D eigenvalue weighted by atomic mass is 127. The highest BCUT2D eigenvalue weighted by Gasteiger charge is 2.25. The molecule has 6 atom stereocenters. The van der Waals surface area contributed by atoms with Crippen LogP contribution in [0, 0.1) is 20.2 Å². The van der Waals surface area contributed by atoms with Crippen molar-refractivity contribution >= 4 is 102 Å². The number of hydrogen-bond acceptors (Lipinski definition) is 9. The number of aliphatic hydroxyl groups excluding tert-OH is 1. The molecule has 54 heavy (non-hydrogen) atoms. The van der Waals surface area contributed by atoms with Crippen molar-refractivity contribution in [1.82, 2.24) is 10.6 Å². The molecule has 0 heterocycles. The number of carboxylic acids is 1. The van der Waals surface area contributed by atoms with E-state index in [9.17, 15) is 19.8 Å². The summed E-state index contributed by atoms with van der Waals surface area (Å²) in [5.74, 6) is 1.45. The SMILES string of the molecule is CC1CCCC(N)CCCC(N)CCCC(NCC(O)COc2c(I)cc(Oc3c(I)cc(CC(NC(=O)OC(C)(C)C)C(=O)O)cc3I)cc2I)CC1. The lowest BCUT2D eigenvalue weighted by atomic mass is 9.93. The fraction of sp³-hybridized carbons (Fsp3) is 0.641. The number of aliphatic carboxylic acids is 1. The third-order valence-corrected chi connectivity index (χ3v) is 12.5. The first-order valence-electron chi connectivity index (χ1n) is 18.8. The number of ether oxygens (including phenoxy) is 3. The fourth-order valence-corrected chi connectivity index (χ4v) is 10.5. The standard InChI is InChI=1S/C39H58I4N4O7/c1-23-8-5-9-25(44)10-6-11-26(45)12-7-13-27(15-14-23)46-21-28(48)22-52-35-32(42)19-29(20-33(35)43)53-36-30(40)16-24(17-31(36)41)18-34(37(49)50)47-38(51)54-39(2,3)4/h16-17,19-20,23,25-28,34,46,48H,5-15,18,21-22,44-45H2,1-4H3,(H,47,51)(H,49,50). The summed E-state index contributed by atoms with van der Waals surface area (Å²) in [5.41, 5.74) is 12.8.